The molecule has 0 unspecified atom stereocenters. The third-order valence-corrected chi connectivity index (χ3v) is 13.2. The van der Waals surface area contributed by atoms with E-state index in [0.717, 1.165) is 32.3 Å². The van der Waals surface area contributed by atoms with Gasteiger partial charge in [0.05, 0.1) is 25.4 Å². The van der Waals surface area contributed by atoms with Crippen LogP contribution in [-0.2, 0) is 18.6 Å². The van der Waals surface area contributed by atoms with E-state index in [2.05, 4.69) is 95.3 Å². The van der Waals surface area contributed by atoms with Crippen molar-refractivity contribution >= 4 is 18.7 Å². The van der Waals surface area contributed by atoms with E-state index >= 15 is 0 Å². The van der Waals surface area contributed by atoms with Crippen LogP contribution in [0.25, 0.3) is 0 Å². The Kier molecular flexibility index (Phi) is 8.24. The quantitative estimate of drug-likeness (QED) is 0.320. The second-order valence-electron chi connectivity index (χ2n) is 11.6. The molecule has 0 spiro atoms. The summed E-state index contributed by atoms with van der Waals surface area (Å²) in [6.45, 7) is 13.0. The largest absolute Gasteiger partial charge is 0.405 e. The Bertz CT molecular complexity index is 885. The van der Waals surface area contributed by atoms with E-state index in [1.807, 2.05) is 0 Å². The fraction of sp³-hybridized carbons (Fsp3) is 0.600. The standard InChI is InChI=1S/C30H44O4Si/c1-23(27-21-32-27)17-19-30(31-6)20-18-24(2)28(34-30)22-33-35(29(3,4)5,25-13-9-7-10-14-25)26-15-11-8-12-16-26/h7-16,23-24,27-28H,17-22H2,1-6H3/t23-,24-,27+,28-,30+/m0/s1. The maximum absolute atomic E-state index is 7.23. The van der Waals surface area contributed by atoms with Crippen LogP contribution in [0.2, 0.25) is 5.04 Å². The Labute approximate surface area is 213 Å². The highest BCUT2D eigenvalue weighted by atomic mass is 28.4. The highest BCUT2D eigenvalue weighted by molar-refractivity contribution is 6.99. The summed E-state index contributed by atoms with van der Waals surface area (Å²) in [5.41, 5.74) is 0. The summed E-state index contributed by atoms with van der Waals surface area (Å²) in [4.78, 5) is 0. The first kappa shape index (κ1) is 26.6. The predicted molar refractivity (Wildman–Crippen MR) is 145 cm³/mol. The smallest absolute Gasteiger partial charge is 0.261 e. The third-order valence-electron chi connectivity index (χ3n) is 8.21. The maximum atomic E-state index is 7.23. The average molecular weight is 497 g/mol. The Morgan fingerprint density at radius 2 is 1.60 bits per heavy atom. The molecule has 2 aromatic rings. The van der Waals surface area contributed by atoms with E-state index in [-0.39, 0.29) is 11.1 Å². The van der Waals surface area contributed by atoms with Gasteiger partial charge in [0.25, 0.3) is 8.32 Å². The first-order valence-corrected chi connectivity index (χ1v) is 15.2. The van der Waals surface area contributed by atoms with Gasteiger partial charge in [-0.05, 0) is 40.1 Å². The van der Waals surface area contributed by atoms with Crippen molar-refractivity contribution in [1.29, 1.82) is 0 Å². The summed E-state index contributed by atoms with van der Waals surface area (Å²) in [6.07, 6.45) is 4.37. The minimum Gasteiger partial charge on any atom is -0.405 e. The van der Waals surface area contributed by atoms with Gasteiger partial charge in [-0.15, -0.1) is 0 Å². The van der Waals surface area contributed by atoms with Crippen molar-refractivity contribution < 1.29 is 18.6 Å². The molecule has 2 saturated heterocycles. The van der Waals surface area contributed by atoms with Crippen LogP contribution in [0.4, 0.5) is 0 Å². The van der Waals surface area contributed by atoms with Crippen LogP contribution in [0.15, 0.2) is 60.7 Å². The predicted octanol–water partition coefficient (Wildman–Crippen LogP) is 5.54. The topological polar surface area (TPSA) is 40.2 Å². The number of epoxide rings is 1. The van der Waals surface area contributed by atoms with E-state index in [9.17, 15) is 0 Å². The molecule has 2 heterocycles. The van der Waals surface area contributed by atoms with Crippen molar-refractivity contribution in [2.24, 2.45) is 11.8 Å². The summed E-state index contributed by atoms with van der Waals surface area (Å²) in [6, 6.07) is 21.7. The van der Waals surface area contributed by atoms with Crippen LogP contribution in [0, 0.1) is 11.8 Å². The third kappa shape index (κ3) is 5.75. The van der Waals surface area contributed by atoms with Crippen LogP contribution < -0.4 is 10.4 Å². The van der Waals surface area contributed by atoms with Gasteiger partial charge in [0.15, 0.2) is 5.79 Å². The van der Waals surface area contributed by atoms with Crippen LogP contribution in [0.1, 0.15) is 60.3 Å². The Morgan fingerprint density at radius 1 is 1.03 bits per heavy atom. The molecular formula is C30H44O4Si. The first-order valence-electron chi connectivity index (χ1n) is 13.3. The van der Waals surface area contributed by atoms with E-state index in [4.69, 9.17) is 18.6 Å². The summed E-state index contributed by atoms with van der Waals surface area (Å²) >= 11 is 0. The lowest BCUT2D eigenvalue weighted by Crippen LogP contribution is -2.67. The molecule has 2 fully saturated rings. The first-order chi connectivity index (χ1) is 16.7. The van der Waals surface area contributed by atoms with Crippen LogP contribution in [-0.4, -0.2) is 46.6 Å². The van der Waals surface area contributed by atoms with E-state index in [1.165, 1.54) is 10.4 Å². The summed E-state index contributed by atoms with van der Waals surface area (Å²) in [7, 11) is -0.800. The van der Waals surface area contributed by atoms with Crippen LogP contribution in [0.5, 0.6) is 0 Å². The normalized spacial score (nSPS) is 28.0. The summed E-state index contributed by atoms with van der Waals surface area (Å²) < 4.78 is 25.6. The van der Waals surface area contributed by atoms with Gasteiger partial charge in [-0.2, -0.15) is 0 Å². The zero-order chi connectivity index (χ0) is 25.1. The second-order valence-corrected chi connectivity index (χ2v) is 16.0. The molecule has 2 aromatic carbocycles. The van der Waals surface area contributed by atoms with Gasteiger partial charge < -0.3 is 18.6 Å². The zero-order valence-electron chi connectivity index (χ0n) is 22.5. The van der Waals surface area contributed by atoms with Gasteiger partial charge >= 0.3 is 0 Å². The molecule has 0 radical (unpaired) electrons. The molecule has 0 aromatic heterocycles. The molecule has 35 heavy (non-hydrogen) atoms. The van der Waals surface area contributed by atoms with Crippen LogP contribution in [0.3, 0.4) is 0 Å². The highest BCUT2D eigenvalue weighted by Gasteiger charge is 2.51. The molecule has 4 nitrogen and oxygen atoms in total. The Morgan fingerprint density at radius 3 is 2.09 bits per heavy atom. The fourth-order valence-electron chi connectivity index (χ4n) is 5.71. The van der Waals surface area contributed by atoms with Crippen molar-refractivity contribution in [2.75, 3.05) is 20.3 Å². The lowest BCUT2D eigenvalue weighted by Gasteiger charge is -2.47. The molecule has 0 bridgehead atoms. The van der Waals surface area contributed by atoms with Gasteiger partial charge in [-0.3, -0.25) is 0 Å². The minimum atomic E-state index is -2.60. The monoisotopic (exact) mass is 496 g/mol. The van der Waals surface area contributed by atoms with Gasteiger partial charge in [-0.25, -0.2) is 0 Å². The lowest BCUT2D eigenvalue weighted by molar-refractivity contribution is -0.287. The highest BCUT2D eigenvalue weighted by Crippen LogP contribution is 2.41. The zero-order valence-corrected chi connectivity index (χ0v) is 23.5. The van der Waals surface area contributed by atoms with E-state index < -0.39 is 14.1 Å². The average Bonchev–Trinajstić information content (AvgIpc) is 3.71. The van der Waals surface area contributed by atoms with Crippen molar-refractivity contribution in [3.05, 3.63) is 60.7 Å². The molecule has 5 heteroatoms. The Hall–Kier alpha value is -1.50. The number of methoxy groups -OCH3 is 1. The molecule has 2 aliphatic rings. The molecule has 5 atom stereocenters. The molecular weight excluding hydrogens is 452 g/mol. The summed E-state index contributed by atoms with van der Waals surface area (Å²) in [5.74, 6) is 0.423. The van der Waals surface area contributed by atoms with Crippen molar-refractivity contribution in [3.63, 3.8) is 0 Å². The summed E-state index contributed by atoms with van der Waals surface area (Å²) in [5, 5.41) is 2.56. The Balaban J connectivity index is 1.59. The minimum absolute atomic E-state index is 0.00201. The molecule has 4 rings (SSSR count). The van der Waals surface area contributed by atoms with Crippen molar-refractivity contribution in [2.45, 2.75) is 83.3 Å². The van der Waals surface area contributed by atoms with Gasteiger partial charge in [-0.1, -0.05) is 95.3 Å². The molecule has 0 saturated carbocycles. The maximum Gasteiger partial charge on any atom is 0.261 e. The van der Waals surface area contributed by atoms with Gasteiger partial charge in [0, 0.05) is 20.0 Å². The fourth-order valence-corrected chi connectivity index (χ4v) is 10.3. The molecule has 192 valence electrons. The molecule has 0 aliphatic carbocycles. The number of ether oxygens (including phenoxy) is 3. The SMILES string of the molecule is CO[C@@]1(CC[C@H](C)[C@H]2CO2)CC[C@H](C)[C@H](CO[Si](c2ccccc2)(c2ccccc2)C(C)(C)C)O1. The van der Waals surface area contributed by atoms with E-state index in [0.29, 0.717) is 24.5 Å². The molecule has 2 aliphatic heterocycles. The van der Waals surface area contributed by atoms with Gasteiger partial charge in [0.1, 0.15) is 0 Å². The number of rotatable bonds is 10. The molecule has 0 N–H and O–H groups in total. The van der Waals surface area contributed by atoms with Crippen molar-refractivity contribution in [1.82, 2.24) is 0 Å². The second kappa shape index (κ2) is 10.9. The number of hydrogen-bond acceptors (Lipinski definition) is 4. The van der Waals surface area contributed by atoms with Crippen LogP contribution >= 0.6 is 0 Å². The molecule has 0 amide bonds. The lowest BCUT2D eigenvalue weighted by atomic mass is 9.88. The van der Waals surface area contributed by atoms with E-state index in [1.54, 1.807) is 7.11 Å². The number of benzene rings is 2. The number of hydrogen-bond donors (Lipinski definition) is 0. The van der Waals surface area contributed by atoms with Gasteiger partial charge in [0.2, 0.25) is 0 Å². The van der Waals surface area contributed by atoms with Crippen molar-refractivity contribution in [3.8, 4) is 0 Å².